The van der Waals surface area contributed by atoms with Crippen LogP contribution in [0.3, 0.4) is 0 Å². The van der Waals surface area contributed by atoms with Crippen molar-refractivity contribution in [3.8, 4) is 0 Å². The third-order valence-electron chi connectivity index (χ3n) is 2.23. The monoisotopic (exact) mass is 208 g/mol. The molecule has 82 valence electrons. The summed E-state index contributed by atoms with van der Waals surface area (Å²) in [6.45, 7) is 3.87. The van der Waals surface area contributed by atoms with Crippen molar-refractivity contribution >= 4 is 11.7 Å². The number of nitrogens with one attached hydrogen (secondary N) is 1. The van der Waals surface area contributed by atoms with Crippen molar-refractivity contribution in [2.24, 2.45) is 0 Å². The number of nitrogens with zero attached hydrogens (tertiary/aromatic N) is 1. The van der Waals surface area contributed by atoms with Crippen LogP contribution in [0.15, 0.2) is 18.5 Å². The molecule has 4 nitrogen and oxygen atoms in total. The summed E-state index contributed by atoms with van der Waals surface area (Å²) in [7, 11) is 0. The second-order valence-corrected chi connectivity index (χ2v) is 3.51. The first-order chi connectivity index (χ1) is 7.15. The molecule has 0 radical (unpaired) electrons. The summed E-state index contributed by atoms with van der Waals surface area (Å²) in [5, 5.41) is 12.0. The summed E-state index contributed by atoms with van der Waals surface area (Å²) in [5.74, 6) is -0.812. The van der Waals surface area contributed by atoms with Crippen molar-refractivity contribution in [2.75, 3.05) is 5.32 Å². The van der Waals surface area contributed by atoms with Gasteiger partial charge in [0.05, 0.1) is 0 Å². The Kier molecular flexibility index (Phi) is 4.09. The van der Waals surface area contributed by atoms with Crippen LogP contribution in [0, 0.1) is 6.92 Å². The highest BCUT2D eigenvalue weighted by Crippen LogP contribution is 2.14. The standard InChI is InChI=1S/C11H16N2O2/c1-3-4-10(11(14)15)13-9-5-6-12-7-8(9)2/h5-7,10H,3-4H2,1-2H3,(H,12,13)(H,14,15). The highest BCUT2D eigenvalue weighted by atomic mass is 16.4. The zero-order chi connectivity index (χ0) is 11.3. The average molecular weight is 208 g/mol. The number of carboxylic acid groups (broad SMARTS) is 1. The number of anilines is 1. The van der Waals surface area contributed by atoms with Crippen LogP contribution in [-0.4, -0.2) is 22.1 Å². The van der Waals surface area contributed by atoms with E-state index in [-0.39, 0.29) is 0 Å². The molecule has 15 heavy (non-hydrogen) atoms. The highest BCUT2D eigenvalue weighted by molar-refractivity contribution is 5.77. The minimum absolute atomic E-state index is 0.518. The van der Waals surface area contributed by atoms with E-state index in [9.17, 15) is 4.79 Å². The first-order valence-corrected chi connectivity index (χ1v) is 5.05. The van der Waals surface area contributed by atoms with E-state index in [1.54, 1.807) is 18.5 Å². The Balaban J connectivity index is 2.74. The minimum Gasteiger partial charge on any atom is -0.480 e. The van der Waals surface area contributed by atoms with Crippen molar-refractivity contribution in [3.63, 3.8) is 0 Å². The maximum absolute atomic E-state index is 10.9. The second-order valence-electron chi connectivity index (χ2n) is 3.51. The summed E-state index contributed by atoms with van der Waals surface area (Å²) < 4.78 is 0. The van der Waals surface area contributed by atoms with E-state index in [1.165, 1.54) is 0 Å². The first kappa shape index (κ1) is 11.5. The molecule has 1 heterocycles. The highest BCUT2D eigenvalue weighted by Gasteiger charge is 2.16. The lowest BCUT2D eigenvalue weighted by Crippen LogP contribution is -2.29. The molecule has 0 aliphatic heterocycles. The quantitative estimate of drug-likeness (QED) is 0.777. The molecule has 0 bridgehead atoms. The van der Waals surface area contributed by atoms with Gasteiger partial charge in [-0.25, -0.2) is 4.79 Å². The number of carboxylic acids is 1. The second kappa shape index (κ2) is 5.34. The smallest absolute Gasteiger partial charge is 0.326 e. The van der Waals surface area contributed by atoms with E-state index >= 15 is 0 Å². The van der Waals surface area contributed by atoms with Gasteiger partial charge in [0.2, 0.25) is 0 Å². The van der Waals surface area contributed by atoms with Crippen molar-refractivity contribution in [1.29, 1.82) is 0 Å². The van der Waals surface area contributed by atoms with Crippen LogP contribution in [0.5, 0.6) is 0 Å². The molecule has 0 spiro atoms. The number of rotatable bonds is 5. The molecular weight excluding hydrogens is 192 g/mol. The van der Waals surface area contributed by atoms with E-state index in [2.05, 4.69) is 10.3 Å². The van der Waals surface area contributed by atoms with Crippen LogP contribution in [0.1, 0.15) is 25.3 Å². The number of aromatic nitrogens is 1. The van der Waals surface area contributed by atoms with Gasteiger partial charge in [-0.2, -0.15) is 0 Å². The molecule has 0 saturated heterocycles. The molecule has 1 unspecified atom stereocenters. The lowest BCUT2D eigenvalue weighted by molar-refractivity contribution is -0.138. The molecule has 0 aliphatic carbocycles. The van der Waals surface area contributed by atoms with Gasteiger partial charge >= 0.3 is 5.97 Å². The summed E-state index contributed by atoms with van der Waals surface area (Å²) in [6, 6.07) is 1.28. The van der Waals surface area contributed by atoms with Crippen LogP contribution in [0.4, 0.5) is 5.69 Å². The maximum Gasteiger partial charge on any atom is 0.326 e. The molecule has 4 heteroatoms. The molecule has 2 N–H and O–H groups in total. The lowest BCUT2D eigenvalue weighted by atomic mass is 10.1. The van der Waals surface area contributed by atoms with Gasteiger partial charge in [0, 0.05) is 18.1 Å². The minimum atomic E-state index is -0.812. The molecule has 1 aromatic heterocycles. The van der Waals surface area contributed by atoms with Gasteiger partial charge < -0.3 is 10.4 Å². The number of pyridine rings is 1. The lowest BCUT2D eigenvalue weighted by Gasteiger charge is -2.16. The summed E-state index contributed by atoms with van der Waals surface area (Å²) >= 11 is 0. The summed E-state index contributed by atoms with van der Waals surface area (Å²) in [6.07, 6.45) is 4.83. The van der Waals surface area contributed by atoms with Crippen LogP contribution in [-0.2, 0) is 4.79 Å². The Morgan fingerprint density at radius 3 is 2.93 bits per heavy atom. The van der Waals surface area contributed by atoms with Gasteiger partial charge in [0.25, 0.3) is 0 Å². The average Bonchev–Trinajstić information content (AvgIpc) is 2.20. The zero-order valence-corrected chi connectivity index (χ0v) is 9.03. The van der Waals surface area contributed by atoms with Gasteiger partial charge in [-0.15, -0.1) is 0 Å². The molecule has 0 aliphatic rings. The van der Waals surface area contributed by atoms with Crippen molar-refractivity contribution in [2.45, 2.75) is 32.7 Å². The van der Waals surface area contributed by atoms with Gasteiger partial charge in [-0.1, -0.05) is 13.3 Å². The maximum atomic E-state index is 10.9. The number of aliphatic carboxylic acids is 1. The van der Waals surface area contributed by atoms with Gasteiger partial charge in [0.15, 0.2) is 0 Å². The zero-order valence-electron chi connectivity index (χ0n) is 9.03. The molecule has 1 atom stereocenters. The van der Waals surface area contributed by atoms with Crippen LogP contribution < -0.4 is 5.32 Å². The van der Waals surface area contributed by atoms with Crippen molar-refractivity contribution in [3.05, 3.63) is 24.0 Å². The van der Waals surface area contributed by atoms with Crippen LogP contribution >= 0.6 is 0 Å². The number of hydrogen-bond acceptors (Lipinski definition) is 3. The Morgan fingerprint density at radius 1 is 1.67 bits per heavy atom. The first-order valence-electron chi connectivity index (χ1n) is 5.05. The Bertz CT molecular complexity index is 339. The van der Waals surface area contributed by atoms with E-state index in [0.29, 0.717) is 6.42 Å². The largest absolute Gasteiger partial charge is 0.480 e. The predicted octanol–water partition coefficient (Wildman–Crippen LogP) is 2.06. The van der Waals surface area contributed by atoms with Gasteiger partial charge in [-0.3, -0.25) is 4.98 Å². The fourth-order valence-electron chi connectivity index (χ4n) is 1.37. The third-order valence-corrected chi connectivity index (χ3v) is 2.23. The molecule has 1 aromatic rings. The molecule has 0 saturated carbocycles. The van der Waals surface area contributed by atoms with Crippen molar-refractivity contribution < 1.29 is 9.90 Å². The number of carbonyl (C=O) groups is 1. The molecule has 0 aromatic carbocycles. The van der Waals surface area contributed by atoms with Gasteiger partial charge in [-0.05, 0) is 25.0 Å². The van der Waals surface area contributed by atoms with E-state index in [1.807, 2.05) is 13.8 Å². The summed E-state index contributed by atoms with van der Waals surface area (Å²) in [5.41, 5.74) is 1.80. The van der Waals surface area contributed by atoms with Crippen molar-refractivity contribution in [1.82, 2.24) is 4.98 Å². The van der Waals surface area contributed by atoms with Crippen LogP contribution in [0.25, 0.3) is 0 Å². The SMILES string of the molecule is CCCC(Nc1ccncc1C)C(=O)O. The molecular formula is C11H16N2O2. The number of aryl methyl sites for hydroxylation is 1. The Morgan fingerprint density at radius 2 is 2.40 bits per heavy atom. The predicted molar refractivity (Wildman–Crippen MR) is 58.9 cm³/mol. The topological polar surface area (TPSA) is 62.2 Å². The fraction of sp³-hybridized carbons (Fsp3) is 0.455. The normalized spacial score (nSPS) is 12.1. The Labute approximate surface area is 89.3 Å². The Hall–Kier alpha value is -1.58. The fourth-order valence-corrected chi connectivity index (χ4v) is 1.37. The van der Waals surface area contributed by atoms with E-state index < -0.39 is 12.0 Å². The van der Waals surface area contributed by atoms with E-state index in [4.69, 9.17) is 5.11 Å². The van der Waals surface area contributed by atoms with Gasteiger partial charge in [0.1, 0.15) is 6.04 Å². The molecule has 1 rings (SSSR count). The van der Waals surface area contributed by atoms with Crippen LogP contribution in [0.2, 0.25) is 0 Å². The third kappa shape index (κ3) is 3.23. The molecule has 0 fully saturated rings. The number of hydrogen-bond donors (Lipinski definition) is 2. The molecule has 0 amide bonds. The summed E-state index contributed by atoms with van der Waals surface area (Å²) in [4.78, 5) is 14.9. The van der Waals surface area contributed by atoms with E-state index in [0.717, 1.165) is 17.7 Å².